The molecule has 6 heteroatoms. The van der Waals surface area contributed by atoms with Gasteiger partial charge < -0.3 is 24.4 Å². The van der Waals surface area contributed by atoms with E-state index in [1.807, 2.05) is 63.2 Å². The molecule has 30 heavy (non-hydrogen) atoms. The Bertz CT molecular complexity index is 847. The van der Waals surface area contributed by atoms with Crippen molar-refractivity contribution < 1.29 is 19.0 Å². The molecule has 1 amide bonds. The highest BCUT2D eigenvalue weighted by Gasteiger charge is 2.27. The first kappa shape index (κ1) is 22.0. The predicted molar refractivity (Wildman–Crippen MR) is 117 cm³/mol. The number of carbonyl (C=O) groups excluding carboxylic acids is 1. The highest BCUT2D eigenvalue weighted by Crippen LogP contribution is 2.31. The zero-order chi connectivity index (χ0) is 21.6. The van der Waals surface area contributed by atoms with Crippen molar-refractivity contribution in [3.8, 4) is 17.2 Å². The minimum absolute atomic E-state index is 0.235. The predicted octanol–water partition coefficient (Wildman–Crippen LogP) is 4.98. The summed E-state index contributed by atoms with van der Waals surface area (Å²) in [6.45, 7) is 7.79. The summed E-state index contributed by atoms with van der Waals surface area (Å²) in [6.07, 6.45) is 1.77. The van der Waals surface area contributed by atoms with Gasteiger partial charge in [-0.3, -0.25) is 0 Å². The van der Waals surface area contributed by atoms with Gasteiger partial charge in [-0.25, -0.2) is 4.79 Å². The van der Waals surface area contributed by atoms with Crippen molar-refractivity contribution in [3.63, 3.8) is 0 Å². The van der Waals surface area contributed by atoms with Gasteiger partial charge in [-0.05, 0) is 63.4 Å². The number of amides is 1. The van der Waals surface area contributed by atoms with Crippen LogP contribution in [0, 0.1) is 0 Å². The van der Waals surface area contributed by atoms with Crippen LogP contribution in [-0.2, 0) is 11.3 Å². The van der Waals surface area contributed by atoms with Crippen molar-refractivity contribution in [1.29, 1.82) is 0 Å². The third-order valence-electron chi connectivity index (χ3n) is 4.86. The first-order chi connectivity index (χ1) is 14.3. The van der Waals surface area contributed by atoms with Crippen molar-refractivity contribution in [1.82, 2.24) is 10.2 Å². The van der Waals surface area contributed by atoms with Crippen LogP contribution in [0.25, 0.3) is 0 Å². The Kier molecular flexibility index (Phi) is 7.21. The summed E-state index contributed by atoms with van der Waals surface area (Å²) >= 11 is 0. The Morgan fingerprint density at radius 3 is 2.63 bits per heavy atom. The summed E-state index contributed by atoms with van der Waals surface area (Å²) in [5.74, 6) is 2.15. The average molecular weight is 413 g/mol. The molecule has 0 radical (unpaired) electrons. The van der Waals surface area contributed by atoms with Gasteiger partial charge in [0.25, 0.3) is 0 Å². The molecule has 2 aromatic carbocycles. The van der Waals surface area contributed by atoms with Gasteiger partial charge in [0.1, 0.15) is 11.4 Å². The summed E-state index contributed by atoms with van der Waals surface area (Å²) < 4.78 is 16.9. The molecule has 2 aromatic rings. The number of rotatable bonds is 6. The van der Waals surface area contributed by atoms with Crippen LogP contribution < -0.4 is 14.8 Å². The second-order valence-corrected chi connectivity index (χ2v) is 8.55. The number of nitrogens with one attached hydrogen (secondary N) is 1. The Balaban J connectivity index is 1.56. The van der Waals surface area contributed by atoms with Gasteiger partial charge in [-0.1, -0.05) is 24.3 Å². The smallest absolute Gasteiger partial charge is 0.410 e. The maximum atomic E-state index is 12.4. The number of hydrogen-bond donors (Lipinski definition) is 1. The average Bonchev–Trinajstić information content (AvgIpc) is 2.72. The molecule has 1 atom stereocenters. The molecule has 1 fully saturated rings. The zero-order valence-electron chi connectivity index (χ0n) is 18.3. The van der Waals surface area contributed by atoms with Crippen LogP contribution in [0.2, 0.25) is 0 Å². The molecular weight excluding hydrogens is 380 g/mol. The fourth-order valence-corrected chi connectivity index (χ4v) is 3.45. The molecule has 1 aliphatic rings. The third-order valence-corrected chi connectivity index (χ3v) is 4.86. The minimum Gasteiger partial charge on any atom is -0.493 e. The van der Waals surface area contributed by atoms with E-state index in [0.717, 1.165) is 30.7 Å². The van der Waals surface area contributed by atoms with E-state index in [1.54, 1.807) is 12.0 Å². The maximum Gasteiger partial charge on any atom is 0.410 e. The summed E-state index contributed by atoms with van der Waals surface area (Å²) in [7, 11) is 1.63. The molecule has 1 aliphatic heterocycles. The number of methoxy groups -OCH3 is 1. The molecule has 0 aromatic heterocycles. The summed E-state index contributed by atoms with van der Waals surface area (Å²) in [5.41, 5.74) is 0.649. The van der Waals surface area contributed by atoms with Gasteiger partial charge in [0.2, 0.25) is 0 Å². The largest absolute Gasteiger partial charge is 0.493 e. The Morgan fingerprint density at radius 1 is 1.13 bits per heavy atom. The van der Waals surface area contributed by atoms with Gasteiger partial charge in [0.15, 0.2) is 11.5 Å². The zero-order valence-corrected chi connectivity index (χ0v) is 18.3. The van der Waals surface area contributed by atoms with Crippen molar-refractivity contribution in [2.45, 2.75) is 51.8 Å². The Labute approximate surface area is 179 Å². The van der Waals surface area contributed by atoms with E-state index in [4.69, 9.17) is 14.2 Å². The summed E-state index contributed by atoms with van der Waals surface area (Å²) in [4.78, 5) is 14.2. The van der Waals surface area contributed by atoms with E-state index in [1.165, 1.54) is 0 Å². The van der Waals surface area contributed by atoms with E-state index in [-0.39, 0.29) is 12.1 Å². The second kappa shape index (κ2) is 9.85. The van der Waals surface area contributed by atoms with E-state index in [0.29, 0.717) is 24.6 Å². The molecule has 1 N–H and O–H groups in total. The highest BCUT2D eigenvalue weighted by molar-refractivity contribution is 5.68. The van der Waals surface area contributed by atoms with Crippen LogP contribution in [0.1, 0.15) is 39.2 Å². The summed E-state index contributed by atoms with van der Waals surface area (Å²) in [5, 5.41) is 3.57. The molecule has 1 saturated heterocycles. The standard InChI is InChI=1S/C24H32N2O4/c1-24(2,3)30-23(27)26-14-8-10-19(17-26)25-16-18-9-7-11-20(15-18)29-22-13-6-5-12-21(22)28-4/h5-7,9,11-13,15,19,25H,8,10,14,16-17H2,1-4H3. The van der Waals surface area contributed by atoms with E-state index >= 15 is 0 Å². The number of likely N-dealkylation sites (tertiary alicyclic amines) is 1. The quantitative estimate of drug-likeness (QED) is 0.725. The number of hydrogen-bond acceptors (Lipinski definition) is 5. The van der Waals surface area contributed by atoms with Gasteiger partial charge in [-0.2, -0.15) is 0 Å². The number of benzene rings is 2. The Morgan fingerprint density at radius 2 is 1.90 bits per heavy atom. The van der Waals surface area contributed by atoms with Crippen LogP contribution in [0.15, 0.2) is 48.5 Å². The molecule has 162 valence electrons. The molecule has 0 spiro atoms. The number of nitrogens with zero attached hydrogens (tertiary/aromatic N) is 1. The topological polar surface area (TPSA) is 60.0 Å². The minimum atomic E-state index is -0.473. The maximum absolute atomic E-state index is 12.4. The number of carbonyl (C=O) groups is 1. The van der Waals surface area contributed by atoms with Gasteiger partial charge in [-0.15, -0.1) is 0 Å². The van der Waals surface area contributed by atoms with Crippen molar-refractivity contribution >= 4 is 6.09 Å². The van der Waals surface area contributed by atoms with Crippen LogP contribution in [-0.4, -0.2) is 42.8 Å². The van der Waals surface area contributed by atoms with E-state index < -0.39 is 5.60 Å². The van der Waals surface area contributed by atoms with Crippen molar-refractivity contribution in [2.24, 2.45) is 0 Å². The molecule has 0 aliphatic carbocycles. The van der Waals surface area contributed by atoms with Crippen LogP contribution >= 0.6 is 0 Å². The van der Waals surface area contributed by atoms with Gasteiger partial charge in [0, 0.05) is 25.7 Å². The fraction of sp³-hybridized carbons (Fsp3) is 0.458. The summed E-state index contributed by atoms with van der Waals surface area (Å²) in [6, 6.07) is 15.8. The molecule has 0 saturated carbocycles. The number of para-hydroxylation sites is 2. The lowest BCUT2D eigenvalue weighted by molar-refractivity contribution is 0.0187. The number of piperidine rings is 1. The lowest BCUT2D eigenvalue weighted by Crippen LogP contribution is -2.49. The molecule has 3 rings (SSSR count). The lowest BCUT2D eigenvalue weighted by atomic mass is 10.1. The molecular formula is C24H32N2O4. The SMILES string of the molecule is COc1ccccc1Oc1cccc(CNC2CCCN(C(=O)OC(C)(C)C)C2)c1. The molecule has 6 nitrogen and oxygen atoms in total. The Hall–Kier alpha value is -2.73. The van der Waals surface area contributed by atoms with Crippen LogP contribution in [0.4, 0.5) is 4.79 Å². The van der Waals surface area contributed by atoms with E-state index in [2.05, 4.69) is 11.4 Å². The third kappa shape index (κ3) is 6.39. The van der Waals surface area contributed by atoms with Crippen LogP contribution in [0.5, 0.6) is 17.2 Å². The van der Waals surface area contributed by atoms with Crippen molar-refractivity contribution in [2.75, 3.05) is 20.2 Å². The van der Waals surface area contributed by atoms with E-state index in [9.17, 15) is 4.79 Å². The molecule has 1 heterocycles. The normalized spacial score (nSPS) is 16.8. The molecule has 0 bridgehead atoms. The highest BCUT2D eigenvalue weighted by atomic mass is 16.6. The lowest BCUT2D eigenvalue weighted by Gasteiger charge is -2.34. The first-order valence-electron chi connectivity index (χ1n) is 10.5. The molecule has 1 unspecified atom stereocenters. The monoisotopic (exact) mass is 412 g/mol. The van der Waals surface area contributed by atoms with Gasteiger partial charge >= 0.3 is 6.09 Å². The fourth-order valence-electron chi connectivity index (χ4n) is 3.45. The van der Waals surface area contributed by atoms with Crippen molar-refractivity contribution in [3.05, 3.63) is 54.1 Å². The number of ether oxygens (including phenoxy) is 3. The van der Waals surface area contributed by atoms with Crippen LogP contribution in [0.3, 0.4) is 0 Å². The van der Waals surface area contributed by atoms with Gasteiger partial charge in [0.05, 0.1) is 7.11 Å². The first-order valence-corrected chi connectivity index (χ1v) is 10.5. The second-order valence-electron chi connectivity index (χ2n) is 8.55.